The van der Waals surface area contributed by atoms with Gasteiger partial charge in [-0.3, -0.25) is 0 Å². The fourth-order valence-corrected chi connectivity index (χ4v) is 5.31. The van der Waals surface area contributed by atoms with Gasteiger partial charge in [0.2, 0.25) is 0 Å². The molecule has 0 spiro atoms. The molecule has 0 aliphatic carbocycles. The number of nitrogens with zero attached hydrogens (tertiary/aromatic N) is 1. The van der Waals surface area contributed by atoms with Crippen molar-refractivity contribution in [3.63, 3.8) is 0 Å². The molecule has 0 fully saturated rings. The van der Waals surface area contributed by atoms with Crippen LogP contribution in [0.1, 0.15) is 47.1 Å². The van der Waals surface area contributed by atoms with Gasteiger partial charge < -0.3 is 14.7 Å². The maximum Gasteiger partial charge on any atom is 0.335 e. The number of carbonyl (C=O) groups is 2. The summed E-state index contributed by atoms with van der Waals surface area (Å²) in [5.74, 6) is -1.89. The second-order valence-electron chi connectivity index (χ2n) is 7.76. The monoisotopic (exact) mass is 498 g/mol. The van der Waals surface area contributed by atoms with Crippen molar-refractivity contribution in [2.24, 2.45) is 0 Å². The smallest absolute Gasteiger partial charge is 0.335 e. The largest absolute Gasteiger partial charge is 0.478 e. The zero-order chi connectivity index (χ0) is 25.0. The number of benzene rings is 3. The average Bonchev–Trinajstić information content (AvgIpc) is 2.87. The summed E-state index contributed by atoms with van der Waals surface area (Å²) in [6.07, 6.45) is 0. The van der Waals surface area contributed by atoms with Gasteiger partial charge in [-0.2, -0.15) is 0 Å². The van der Waals surface area contributed by atoms with Crippen LogP contribution >= 0.6 is 21.6 Å². The number of carboxylic acid groups (broad SMARTS) is 2. The highest BCUT2D eigenvalue weighted by Crippen LogP contribution is 2.37. The fourth-order valence-electron chi connectivity index (χ4n) is 3.38. The molecule has 7 heteroatoms. The highest BCUT2D eigenvalue weighted by molar-refractivity contribution is 8.76. The maximum atomic E-state index is 10.7. The molecule has 0 radical (unpaired) electrons. The van der Waals surface area contributed by atoms with Crippen molar-refractivity contribution < 1.29 is 24.3 Å². The number of carboxylic acids is 2. The van der Waals surface area contributed by atoms with E-state index in [2.05, 4.69) is 51.1 Å². The summed E-state index contributed by atoms with van der Waals surface area (Å²) in [5, 5.41) is 17.6. The number of quaternary nitrogens is 1. The van der Waals surface area contributed by atoms with Crippen LogP contribution in [-0.4, -0.2) is 46.3 Å². The second kappa shape index (κ2) is 13.8. The summed E-state index contributed by atoms with van der Waals surface area (Å²) < 4.78 is 1.20. The molecule has 0 saturated carbocycles. The molecular formula is C27H32NO4S2+. The molecule has 0 aromatic heterocycles. The Morgan fingerprint density at radius 2 is 1.03 bits per heavy atom. The van der Waals surface area contributed by atoms with Gasteiger partial charge in [-0.05, 0) is 69.3 Å². The molecule has 0 unspecified atom stereocenters. The van der Waals surface area contributed by atoms with Crippen LogP contribution in [0.5, 0.6) is 0 Å². The predicted octanol–water partition coefficient (Wildman–Crippen LogP) is 6.95. The number of hydrogen-bond acceptors (Lipinski definition) is 4. The SMILES string of the molecule is CC[N+](CC)(CC)Cc1ccccc1.O=C(O)c1ccc(SSc2ccc(C(=O)O)cc2)cc1. The molecule has 0 heterocycles. The summed E-state index contributed by atoms with van der Waals surface area (Å²) >= 11 is 0. The molecule has 0 amide bonds. The molecule has 3 aromatic rings. The van der Waals surface area contributed by atoms with Crippen molar-refractivity contribution in [1.29, 1.82) is 0 Å². The summed E-state index contributed by atoms with van der Waals surface area (Å²) in [6, 6.07) is 24.0. The zero-order valence-corrected chi connectivity index (χ0v) is 21.4. The Hall–Kier alpha value is -2.74. The molecule has 3 aromatic carbocycles. The molecule has 0 aliphatic rings. The van der Waals surface area contributed by atoms with Gasteiger partial charge in [-0.25, -0.2) is 9.59 Å². The third-order valence-electron chi connectivity index (χ3n) is 5.81. The molecule has 0 bridgehead atoms. The van der Waals surface area contributed by atoms with E-state index >= 15 is 0 Å². The van der Waals surface area contributed by atoms with Crippen molar-refractivity contribution >= 4 is 33.5 Å². The third-order valence-corrected chi connectivity index (χ3v) is 8.23. The Morgan fingerprint density at radius 3 is 1.35 bits per heavy atom. The van der Waals surface area contributed by atoms with Gasteiger partial charge in [0.25, 0.3) is 0 Å². The van der Waals surface area contributed by atoms with Crippen LogP contribution < -0.4 is 0 Å². The molecule has 0 aliphatic heterocycles. The lowest BCUT2D eigenvalue weighted by Gasteiger charge is -2.35. The topological polar surface area (TPSA) is 74.6 Å². The van der Waals surface area contributed by atoms with E-state index in [-0.39, 0.29) is 11.1 Å². The molecule has 34 heavy (non-hydrogen) atoms. The van der Waals surface area contributed by atoms with E-state index in [1.165, 1.54) is 57.8 Å². The lowest BCUT2D eigenvalue weighted by Crippen LogP contribution is -2.46. The van der Waals surface area contributed by atoms with Gasteiger partial charge in [0.05, 0.1) is 30.8 Å². The van der Waals surface area contributed by atoms with Crippen LogP contribution in [0, 0.1) is 0 Å². The van der Waals surface area contributed by atoms with E-state index in [9.17, 15) is 9.59 Å². The van der Waals surface area contributed by atoms with E-state index in [1.807, 2.05) is 0 Å². The highest BCUT2D eigenvalue weighted by Gasteiger charge is 2.20. The van der Waals surface area contributed by atoms with Gasteiger partial charge in [0, 0.05) is 15.4 Å². The average molecular weight is 499 g/mol. The first-order valence-corrected chi connectivity index (χ1v) is 13.4. The number of hydrogen-bond donors (Lipinski definition) is 2. The van der Waals surface area contributed by atoms with Crippen LogP contribution in [0.3, 0.4) is 0 Å². The van der Waals surface area contributed by atoms with Crippen molar-refractivity contribution in [3.05, 3.63) is 95.6 Å². The quantitative estimate of drug-likeness (QED) is 0.233. The number of aromatic carboxylic acids is 2. The minimum Gasteiger partial charge on any atom is -0.478 e. The molecule has 3 rings (SSSR count). The van der Waals surface area contributed by atoms with E-state index in [0.717, 1.165) is 9.79 Å². The predicted molar refractivity (Wildman–Crippen MR) is 141 cm³/mol. The van der Waals surface area contributed by atoms with Gasteiger partial charge in [-0.15, -0.1) is 0 Å². The van der Waals surface area contributed by atoms with Crippen molar-refractivity contribution in [2.45, 2.75) is 37.1 Å². The summed E-state index contributed by atoms with van der Waals surface area (Å²) in [7, 11) is 2.97. The summed E-state index contributed by atoms with van der Waals surface area (Å²) in [5.41, 5.74) is 1.97. The third kappa shape index (κ3) is 8.56. The van der Waals surface area contributed by atoms with E-state index in [1.54, 1.807) is 48.5 Å². The van der Waals surface area contributed by atoms with E-state index in [4.69, 9.17) is 10.2 Å². The van der Waals surface area contributed by atoms with Gasteiger partial charge in [0.15, 0.2) is 0 Å². The maximum absolute atomic E-state index is 10.7. The first-order valence-electron chi connectivity index (χ1n) is 11.2. The second-order valence-corrected chi connectivity index (χ2v) is 10.0. The van der Waals surface area contributed by atoms with Crippen molar-refractivity contribution in [2.75, 3.05) is 19.6 Å². The standard InChI is InChI=1S/C14H10O4S2.C13H22N/c15-13(16)9-1-5-11(6-2-9)19-20-12-7-3-10(4-8-12)14(17)18;1-4-14(5-2,6-3)12-13-10-8-7-9-11-13/h1-8H,(H,15,16)(H,17,18);7-11H,4-6,12H2,1-3H3/q;+1. The first kappa shape index (κ1) is 27.5. The minimum atomic E-state index is -0.946. The normalized spacial score (nSPS) is 10.8. The van der Waals surface area contributed by atoms with E-state index in [0.29, 0.717) is 0 Å². The van der Waals surface area contributed by atoms with Crippen LogP contribution in [0.4, 0.5) is 0 Å². The number of rotatable bonds is 10. The lowest BCUT2D eigenvalue weighted by molar-refractivity contribution is -0.936. The molecular weight excluding hydrogens is 466 g/mol. The highest BCUT2D eigenvalue weighted by atomic mass is 33.1. The Kier molecular flexibility index (Phi) is 11.2. The Balaban J connectivity index is 0.000000257. The summed E-state index contributed by atoms with van der Waals surface area (Å²) in [4.78, 5) is 23.3. The zero-order valence-electron chi connectivity index (χ0n) is 19.8. The first-order chi connectivity index (χ1) is 16.3. The Morgan fingerprint density at radius 1 is 0.647 bits per heavy atom. The van der Waals surface area contributed by atoms with E-state index < -0.39 is 11.9 Å². The summed E-state index contributed by atoms with van der Waals surface area (Å²) in [6.45, 7) is 11.7. The van der Waals surface area contributed by atoms with Gasteiger partial charge in [-0.1, -0.05) is 51.9 Å². The molecule has 2 N–H and O–H groups in total. The van der Waals surface area contributed by atoms with Crippen LogP contribution in [0.2, 0.25) is 0 Å². The minimum absolute atomic E-state index is 0.255. The van der Waals surface area contributed by atoms with Crippen LogP contribution in [0.15, 0.2) is 88.7 Å². The van der Waals surface area contributed by atoms with Crippen LogP contribution in [0.25, 0.3) is 0 Å². The fraction of sp³-hybridized carbons (Fsp3) is 0.259. The Bertz CT molecular complexity index is 969. The van der Waals surface area contributed by atoms with Gasteiger partial charge >= 0.3 is 11.9 Å². The molecule has 0 atom stereocenters. The van der Waals surface area contributed by atoms with Gasteiger partial charge in [0.1, 0.15) is 6.54 Å². The molecule has 0 saturated heterocycles. The van der Waals surface area contributed by atoms with Crippen molar-refractivity contribution in [3.8, 4) is 0 Å². The molecule has 5 nitrogen and oxygen atoms in total. The van der Waals surface area contributed by atoms with Crippen molar-refractivity contribution in [1.82, 2.24) is 0 Å². The molecule has 180 valence electrons. The van der Waals surface area contributed by atoms with Crippen LogP contribution in [-0.2, 0) is 6.54 Å². The lowest BCUT2D eigenvalue weighted by atomic mass is 10.2. The Labute approximate surface area is 209 Å².